The minimum absolute atomic E-state index is 0.197. The van der Waals surface area contributed by atoms with Crippen molar-refractivity contribution in [2.24, 2.45) is 5.92 Å². The highest BCUT2D eigenvalue weighted by Gasteiger charge is 2.33. The second-order valence-electron chi connectivity index (χ2n) is 4.54. The molecule has 2 heterocycles. The standard InChI is InChI=1S/C12H13F5N2/c13-11(14)8-4-6-19(7-5-8)10-3-1-2-9(18-10)12(15,16)17/h1-3,8,11H,4-7H2. The maximum Gasteiger partial charge on any atom is 0.433 e. The summed E-state index contributed by atoms with van der Waals surface area (Å²) in [6, 6.07) is 3.65. The first-order valence-electron chi connectivity index (χ1n) is 5.95. The largest absolute Gasteiger partial charge is 0.433 e. The van der Waals surface area contributed by atoms with Gasteiger partial charge in [0.05, 0.1) is 0 Å². The number of hydrogen-bond donors (Lipinski definition) is 0. The highest BCUT2D eigenvalue weighted by atomic mass is 19.4. The van der Waals surface area contributed by atoms with Gasteiger partial charge in [-0.3, -0.25) is 0 Å². The summed E-state index contributed by atoms with van der Waals surface area (Å²) < 4.78 is 62.5. The molecule has 0 spiro atoms. The molecule has 0 unspecified atom stereocenters. The highest BCUT2D eigenvalue weighted by Crippen LogP contribution is 2.30. The Hall–Kier alpha value is -1.40. The zero-order valence-corrected chi connectivity index (χ0v) is 10.00. The van der Waals surface area contributed by atoms with Crippen molar-refractivity contribution in [2.75, 3.05) is 18.0 Å². The van der Waals surface area contributed by atoms with Crippen LogP contribution in [-0.4, -0.2) is 24.5 Å². The fourth-order valence-corrected chi connectivity index (χ4v) is 2.14. The van der Waals surface area contributed by atoms with Gasteiger partial charge in [-0.15, -0.1) is 0 Å². The summed E-state index contributed by atoms with van der Waals surface area (Å²) in [5, 5.41) is 0. The van der Waals surface area contributed by atoms with Crippen LogP contribution in [0.25, 0.3) is 0 Å². The van der Waals surface area contributed by atoms with E-state index in [9.17, 15) is 22.0 Å². The van der Waals surface area contributed by atoms with Gasteiger partial charge in [0.25, 0.3) is 0 Å². The summed E-state index contributed by atoms with van der Waals surface area (Å²) >= 11 is 0. The normalized spacial score (nSPS) is 18.1. The number of rotatable bonds is 2. The average Bonchev–Trinajstić information content (AvgIpc) is 2.38. The molecule has 2 nitrogen and oxygen atoms in total. The number of aromatic nitrogens is 1. The summed E-state index contributed by atoms with van der Waals surface area (Å²) in [5.74, 6) is -0.468. The lowest BCUT2D eigenvalue weighted by atomic mass is 9.97. The molecule has 0 N–H and O–H groups in total. The summed E-state index contributed by atoms with van der Waals surface area (Å²) in [7, 11) is 0. The lowest BCUT2D eigenvalue weighted by molar-refractivity contribution is -0.141. The zero-order valence-electron chi connectivity index (χ0n) is 10.00. The van der Waals surface area contributed by atoms with Crippen molar-refractivity contribution in [3.05, 3.63) is 23.9 Å². The van der Waals surface area contributed by atoms with Gasteiger partial charge in [0, 0.05) is 19.0 Å². The van der Waals surface area contributed by atoms with Crippen LogP contribution in [0, 0.1) is 5.92 Å². The number of pyridine rings is 1. The Balaban J connectivity index is 2.08. The van der Waals surface area contributed by atoms with Crippen LogP contribution < -0.4 is 4.90 Å². The van der Waals surface area contributed by atoms with E-state index in [1.807, 2.05) is 0 Å². The van der Waals surface area contributed by atoms with Gasteiger partial charge >= 0.3 is 6.18 Å². The Labute approximate surface area is 107 Å². The molecule has 0 aliphatic carbocycles. The van der Waals surface area contributed by atoms with Crippen LogP contribution in [-0.2, 0) is 6.18 Å². The van der Waals surface area contributed by atoms with Crippen molar-refractivity contribution in [3.63, 3.8) is 0 Å². The molecule has 1 aliphatic rings. The Morgan fingerprint density at radius 1 is 1.16 bits per heavy atom. The third-order valence-corrected chi connectivity index (χ3v) is 3.24. The maximum absolute atomic E-state index is 12.5. The van der Waals surface area contributed by atoms with Crippen molar-refractivity contribution in [1.29, 1.82) is 0 Å². The average molecular weight is 280 g/mol. The van der Waals surface area contributed by atoms with Crippen molar-refractivity contribution < 1.29 is 22.0 Å². The van der Waals surface area contributed by atoms with Gasteiger partial charge in [-0.2, -0.15) is 13.2 Å². The summed E-state index contributed by atoms with van der Waals surface area (Å²) in [4.78, 5) is 5.17. The molecule has 1 aliphatic heterocycles. The highest BCUT2D eigenvalue weighted by molar-refractivity contribution is 5.40. The number of nitrogens with zero attached hydrogens (tertiary/aromatic N) is 2. The molecule has 0 aromatic carbocycles. The Morgan fingerprint density at radius 2 is 1.79 bits per heavy atom. The third kappa shape index (κ3) is 3.33. The second-order valence-corrected chi connectivity index (χ2v) is 4.54. The van der Waals surface area contributed by atoms with E-state index in [4.69, 9.17) is 0 Å². The number of alkyl halides is 5. The van der Waals surface area contributed by atoms with Gasteiger partial charge in [-0.1, -0.05) is 6.07 Å². The van der Waals surface area contributed by atoms with Gasteiger partial charge < -0.3 is 4.90 Å². The van der Waals surface area contributed by atoms with Gasteiger partial charge in [0.2, 0.25) is 6.43 Å². The molecule has 0 radical (unpaired) electrons. The maximum atomic E-state index is 12.5. The lowest BCUT2D eigenvalue weighted by Gasteiger charge is -2.32. The Bertz CT molecular complexity index is 424. The van der Waals surface area contributed by atoms with Crippen LogP contribution in [0.2, 0.25) is 0 Å². The van der Waals surface area contributed by atoms with E-state index < -0.39 is 24.2 Å². The summed E-state index contributed by atoms with van der Waals surface area (Å²) in [6.45, 7) is 0.618. The fourth-order valence-electron chi connectivity index (χ4n) is 2.14. The number of halogens is 5. The van der Waals surface area contributed by atoms with Gasteiger partial charge in [-0.25, -0.2) is 13.8 Å². The molecule has 1 saturated heterocycles. The molecule has 0 atom stereocenters. The fraction of sp³-hybridized carbons (Fsp3) is 0.583. The first-order chi connectivity index (χ1) is 8.88. The molecular weight excluding hydrogens is 267 g/mol. The molecule has 0 bridgehead atoms. The smallest absolute Gasteiger partial charge is 0.357 e. The first-order valence-corrected chi connectivity index (χ1v) is 5.95. The topological polar surface area (TPSA) is 16.1 Å². The van der Waals surface area contributed by atoms with Crippen LogP contribution in [0.3, 0.4) is 0 Å². The van der Waals surface area contributed by atoms with E-state index in [1.165, 1.54) is 12.1 Å². The van der Waals surface area contributed by atoms with E-state index >= 15 is 0 Å². The molecule has 1 aromatic rings. The van der Waals surface area contributed by atoms with Crippen molar-refractivity contribution in [2.45, 2.75) is 25.4 Å². The monoisotopic (exact) mass is 280 g/mol. The minimum Gasteiger partial charge on any atom is -0.357 e. The molecule has 0 amide bonds. The van der Waals surface area contributed by atoms with Gasteiger partial charge in [0.15, 0.2) is 0 Å². The van der Waals surface area contributed by atoms with Crippen LogP contribution in [0.1, 0.15) is 18.5 Å². The van der Waals surface area contributed by atoms with Crippen LogP contribution >= 0.6 is 0 Å². The van der Waals surface area contributed by atoms with Crippen molar-refractivity contribution in [3.8, 4) is 0 Å². The predicted octanol–water partition coefficient (Wildman–Crippen LogP) is 3.58. The second kappa shape index (κ2) is 5.30. The van der Waals surface area contributed by atoms with Crippen LogP contribution in [0.5, 0.6) is 0 Å². The van der Waals surface area contributed by atoms with E-state index in [-0.39, 0.29) is 18.7 Å². The van der Waals surface area contributed by atoms with E-state index in [1.54, 1.807) is 4.90 Å². The molecule has 1 aromatic heterocycles. The van der Waals surface area contributed by atoms with Crippen molar-refractivity contribution in [1.82, 2.24) is 4.98 Å². The predicted molar refractivity (Wildman–Crippen MR) is 60.2 cm³/mol. The molecule has 7 heteroatoms. The number of piperidine rings is 1. The van der Waals surface area contributed by atoms with Gasteiger partial charge in [-0.05, 0) is 25.0 Å². The van der Waals surface area contributed by atoms with E-state index in [2.05, 4.69) is 4.98 Å². The van der Waals surface area contributed by atoms with Crippen LogP contribution in [0.15, 0.2) is 18.2 Å². The quantitative estimate of drug-likeness (QED) is 0.770. The number of hydrogen-bond acceptors (Lipinski definition) is 2. The number of anilines is 1. The Kier molecular flexibility index (Phi) is 3.91. The molecule has 0 saturated carbocycles. The molecule has 106 valence electrons. The lowest BCUT2D eigenvalue weighted by Crippen LogP contribution is -2.36. The van der Waals surface area contributed by atoms with Crippen LogP contribution in [0.4, 0.5) is 27.8 Å². The van der Waals surface area contributed by atoms with Gasteiger partial charge in [0.1, 0.15) is 11.5 Å². The third-order valence-electron chi connectivity index (χ3n) is 3.24. The minimum atomic E-state index is -4.49. The zero-order chi connectivity index (χ0) is 14.0. The van der Waals surface area contributed by atoms with E-state index in [0.29, 0.717) is 13.1 Å². The molecule has 2 rings (SSSR count). The Morgan fingerprint density at radius 3 is 2.32 bits per heavy atom. The summed E-state index contributed by atoms with van der Waals surface area (Å²) in [6.07, 6.45) is -6.31. The summed E-state index contributed by atoms with van der Waals surface area (Å²) in [5.41, 5.74) is -0.957. The first kappa shape index (κ1) is 14.0. The SMILES string of the molecule is FC(F)C1CCN(c2cccc(C(F)(F)F)n2)CC1. The van der Waals surface area contributed by atoms with E-state index in [0.717, 1.165) is 6.07 Å². The molecule has 1 fully saturated rings. The molecule has 19 heavy (non-hydrogen) atoms. The van der Waals surface area contributed by atoms with Crippen molar-refractivity contribution >= 4 is 5.82 Å². The molecular formula is C12H13F5N2.